The number of likely N-dealkylation sites (tertiary alicyclic amines) is 1. The highest BCUT2D eigenvalue weighted by atomic mass is 16.5. The molecule has 0 aromatic heterocycles. The summed E-state index contributed by atoms with van der Waals surface area (Å²) in [6, 6.07) is 7.75. The van der Waals surface area contributed by atoms with Crippen molar-refractivity contribution < 1.29 is 9.53 Å². The number of ketones is 1. The van der Waals surface area contributed by atoms with Crippen molar-refractivity contribution in [2.75, 3.05) is 26.2 Å². The van der Waals surface area contributed by atoms with E-state index in [1.54, 1.807) is 0 Å². The third-order valence-electron chi connectivity index (χ3n) is 4.99. The van der Waals surface area contributed by atoms with Gasteiger partial charge in [0.25, 0.3) is 0 Å². The zero-order valence-corrected chi connectivity index (χ0v) is 13.4. The average Bonchev–Trinajstić information content (AvgIpc) is 3.09. The van der Waals surface area contributed by atoms with Gasteiger partial charge in [-0.2, -0.15) is 0 Å². The van der Waals surface area contributed by atoms with Gasteiger partial charge in [-0.1, -0.05) is 19.3 Å². The molecule has 1 saturated heterocycles. The Bertz CT molecular complexity index is 471. The van der Waals surface area contributed by atoms with Gasteiger partial charge in [-0.25, -0.2) is 0 Å². The van der Waals surface area contributed by atoms with Crippen molar-refractivity contribution in [3.63, 3.8) is 0 Å². The second kappa shape index (κ2) is 7.77. The summed E-state index contributed by atoms with van der Waals surface area (Å²) in [5.74, 6) is 1.44. The quantitative estimate of drug-likeness (QED) is 0.746. The number of ether oxygens (including phenoxy) is 1. The monoisotopic (exact) mass is 301 g/mol. The Kier molecular flexibility index (Phi) is 5.49. The van der Waals surface area contributed by atoms with Gasteiger partial charge in [-0.05, 0) is 63.0 Å². The van der Waals surface area contributed by atoms with Crippen LogP contribution in [-0.4, -0.2) is 36.9 Å². The van der Waals surface area contributed by atoms with Crippen LogP contribution in [0.4, 0.5) is 0 Å². The molecule has 1 aromatic carbocycles. The lowest BCUT2D eigenvalue weighted by molar-refractivity contribution is 0.0889. The minimum atomic E-state index is 0.246. The van der Waals surface area contributed by atoms with E-state index in [9.17, 15) is 4.79 Å². The number of benzene rings is 1. The van der Waals surface area contributed by atoms with Crippen LogP contribution < -0.4 is 4.74 Å². The minimum absolute atomic E-state index is 0.246. The van der Waals surface area contributed by atoms with Gasteiger partial charge >= 0.3 is 0 Å². The minimum Gasteiger partial charge on any atom is -0.492 e. The summed E-state index contributed by atoms with van der Waals surface area (Å²) in [4.78, 5) is 14.9. The number of Topliss-reactive ketones (excluding diaryl/α,β-unsaturated/α-hetero) is 1. The Morgan fingerprint density at radius 1 is 1.00 bits per heavy atom. The highest BCUT2D eigenvalue weighted by molar-refractivity contribution is 5.97. The van der Waals surface area contributed by atoms with Gasteiger partial charge < -0.3 is 4.74 Å². The third-order valence-corrected chi connectivity index (χ3v) is 4.99. The van der Waals surface area contributed by atoms with Crippen molar-refractivity contribution in [2.45, 2.75) is 44.9 Å². The molecule has 120 valence electrons. The van der Waals surface area contributed by atoms with E-state index < -0.39 is 0 Å². The number of hydrogen-bond donors (Lipinski definition) is 0. The molecule has 1 aliphatic carbocycles. The number of nitrogens with zero attached hydrogens (tertiary/aromatic N) is 1. The zero-order chi connectivity index (χ0) is 15.2. The van der Waals surface area contributed by atoms with Gasteiger partial charge in [-0.15, -0.1) is 0 Å². The van der Waals surface area contributed by atoms with Crippen molar-refractivity contribution in [3.05, 3.63) is 29.8 Å². The molecule has 0 radical (unpaired) electrons. The molecule has 22 heavy (non-hydrogen) atoms. The van der Waals surface area contributed by atoms with E-state index in [4.69, 9.17) is 4.74 Å². The Morgan fingerprint density at radius 2 is 1.68 bits per heavy atom. The predicted molar refractivity (Wildman–Crippen MR) is 88.5 cm³/mol. The van der Waals surface area contributed by atoms with Crippen molar-refractivity contribution >= 4 is 5.78 Å². The molecule has 0 amide bonds. The summed E-state index contributed by atoms with van der Waals surface area (Å²) in [5, 5.41) is 0. The van der Waals surface area contributed by atoms with E-state index in [0.717, 1.165) is 37.3 Å². The molecule has 1 saturated carbocycles. The van der Waals surface area contributed by atoms with Crippen LogP contribution in [0.5, 0.6) is 5.75 Å². The number of carbonyl (C=O) groups is 1. The van der Waals surface area contributed by atoms with Crippen LogP contribution in [-0.2, 0) is 0 Å². The summed E-state index contributed by atoms with van der Waals surface area (Å²) in [7, 11) is 0. The summed E-state index contributed by atoms with van der Waals surface area (Å²) in [6.45, 7) is 4.15. The topological polar surface area (TPSA) is 29.5 Å². The summed E-state index contributed by atoms with van der Waals surface area (Å²) in [5.41, 5.74) is 0.846. The lowest BCUT2D eigenvalue weighted by Crippen LogP contribution is -2.25. The van der Waals surface area contributed by atoms with Gasteiger partial charge in [0.05, 0.1) is 0 Å². The van der Waals surface area contributed by atoms with Crippen LogP contribution in [0.25, 0.3) is 0 Å². The van der Waals surface area contributed by atoms with E-state index in [-0.39, 0.29) is 5.92 Å². The van der Waals surface area contributed by atoms with Gasteiger partial charge in [0.2, 0.25) is 0 Å². The fraction of sp³-hybridized carbons (Fsp3) is 0.632. The molecule has 3 nitrogen and oxygen atoms in total. The van der Waals surface area contributed by atoms with Crippen molar-refractivity contribution in [3.8, 4) is 5.75 Å². The molecular formula is C19H27NO2. The predicted octanol–water partition coefficient (Wildman–Crippen LogP) is 3.92. The van der Waals surface area contributed by atoms with Crippen molar-refractivity contribution in [1.29, 1.82) is 0 Å². The molecule has 0 spiro atoms. The maximum Gasteiger partial charge on any atom is 0.165 e. The van der Waals surface area contributed by atoms with Gasteiger partial charge in [-0.3, -0.25) is 9.69 Å². The second-order valence-electron chi connectivity index (χ2n) is 6.62. The summed E-state index contributed by atoms with van der Waals surface area (Å²) < 4.78 is 5.80. The third kappa shape index (κ3) is 4.10. The first-order chi connectivity index (χ1) is 10.8. The first-order valence-electron chi connectivity index (χ1n) is 8.82. The van der Waals surface area contributed by atoms with Crippen LogP contribution in [0.2, 0.25) is 0 Å². The normalized spacial score (nSPS) is 20.2. The van der Waals surface area contributed by atoms with Crippen LogP contribution >= 0.6 is 0 Å². The van der Waals surface area contributed by atoms with E-state index in [1.165, 1.54) is 45.2 Å². The molecular weight excluding hydrogens is 274 g/mol. The van der Waals surface area contributed by atoms with Crippen LogP contribution in [0.3, 0.4) is 0 Å². The molecule has 3 heteroatoms. The molecule has 0 bridgehead atoms. The molecule has 2 fully saturated rings. The molecule has 3 rings (SSSR count). The fourth-order valence-corrected chi connectivity index (χ4v) is 3.61. The Morgan fingerprint density at radius 3 is 2.36 bits per heavy atom. The van der Waals surface area contributed by atoms with Crippen molar-refractivity contribution in [1.82, 2.24) is 4.90 Å². The molecule has 1 aromatic rings. The Hall–Kier alpha value is -1.35. The maximum atomic E-state index is 12.5. The number of hydrogen-bond acceptors (Lipinski definition) is 3. The average molecular weight is 301 g/mol. The lowest BCUT2D eigenvalue weighted by Gasteiger charge is -2.20. The fourth-order valence-electron chi connectivity index (χ4n) is 3.61. The zero-order valence-electron chi connectivity index (χ0n) is 13.4. The molecule has 1 heterocycles. The molecule has 2 aliphatic rings. The van der Waals surface area contributed by atoms with E-state index in [1.807, 2.05) is 24.3 Å². The smallest absolute Gasteiger partial charge is 0.165 e. The lowest BCUT2D eigenvalue weighted by atomic mass is 9.84. The van der Waals surface area contributed by atoms with Crippen LogP contribution in [0.15, 0.2) is 24.3 Å². The number of rotatable bonds is 6. The first-order valence-corrected chi connectivity index (χ1v) is 8.82. The Balaban J connectivity index is 1.47. The van der Waals surface area contributed by atoms with Crippen LogP contribution in [0.1, 0.15) is 55.3 Å². The molecule has 0 atom stereocenters. The molecule has 1 aliphatic heterocycles. The van der Waals surface area contributed by atoms with E-state index in [2.05, 4.69) is 4.90 Å². The molecule has 0 N–H and O–H groups in total. The highest BCUT2D eigenvalue weighted by Gasteiger charge is 2.22. The number of carbonyl (C=O) groups excluding carboxylic acids is 1. The van der Waals surface area contributed by atoms with Gasteiger partial charge in [0.1, 0.15) is 12.4 Å². The maximum absolute atomic E-state index is 12.5. The standard InChI is InChI=1S/C19H27NO2/c21-19(16-6-2-1-3-7-16)17-8-10-18(11-9-17)22-15-14-20-12-4-5-13-20/h8-11,16H,1-7,12-15H2. The van der Waals surface area contributed by atoms with Gasteiger partial charge in [0, 0.05) is 18.0 Å². The second-order valence-corrected chi connectivity index (χ2v) is 6.62. The highest BCUT2D eigenvalue weighted by Crippen LogP contribution is 2.27. The summed E-state index contributed by atoms with van der Waals surface area (Å²) in [6.07, 6.45) is 8.45. The van der Waals surface area contributed by atoms with Crippen molar-refractivity contribution in [2.24, 2.45) is 5.92 Å². The van der Waals surface area contributed by atoms with E-state index >= 15 is 0 Å². The molecule has 0 unspecified atom stereocenters. The van der Waals surface area contributed by atoms with E-state index in [0.29, 0.717) is 5.78 Å². The Labute approximate surface area is 133 Å². The first kappa shape index (κ1) is 15.5. The van der Waals surface area contributed by atoms with Crippen LogP contribution in [0, 0.1) is 5.92 Å². The largest absolute Gasteiger partial charge is 0.492 e. The van der Waals surface area contributed by atoms with Gasteiger partial charge in [0.15, 0.2) is 5.78 Å². The SMILES string of the molecule is O=C(c1ccc(OCCN2CCCC2)cc1)C1CCCCC1. The summed E-state index contributed by atoms with van der Waals surface area (Å²) >= 11 is 0.